The van der Waals surface area contributed by atoms with Gasteiger partial charge < -0.3 is 15.1 Å². The number of carbonyl (C=O) groups excluding carboxylic acids is 1. The molecule has 6 heteroatoms. The second-order valence-corrected chi connectivity index (χ2v) is 5.77. The number of nitrogens with one attached hydrogen (secondary N) is 1. The molecule has 0 saturated carbocycles. The van der Waals surface area contributed by atoms with Crippen molar-refractivity contribution in [3.8, 4) is 0 Å². The first-order chi connectivity index (χ1) is 11.1. The lowest BCUT2D eigenvalue weighted by atomic mass is 10.2. The third kappa shape index (κ3) is 3.77. The van der Waals surface area contributed by atoms with Crippen molar-refractivity contribution in [2.24, 2.45) is 0 Å². The van der Waals surface area contributed by atoms with Gasteiger partial charge in [0.05, 0.1) is 6.67 Å². The topological polar surface area (TPSA) is 61.4 Å². The quantitative estimate of drug-likeness (QED) is 0.944. The predicted octanol–water partition coefficient (Wildman–Crippen LogP) is 2.54. The van der Waals surface area contributed by atoms with Gasteiger partial charge in [0.25, 0.3) is 0 Å². The Morgan fingerprint density at radius 2 is 1.96 bits per heavy atom. The second-order valence-electron chi connectivity index (χ2n) is 5.77. The van der Waals surface area contributed by atoms with E-state index in [2.05, 4.69) is 34.3 Å². The molecule has 1 amide bonds. The number of aromatic nitrogens is 2. The molecule has 1 saturated heterocycles. The van der Waals surface area contributed by atoms with Crippen molar-refractivity contribution in [3.63, 3.8) is 0 Å². The van der Waals surface area contributed by atoms with E-state index in [1.54, 1.807) is 13.1 Å². The van der Waals surface area contributed by atoms with Gasteiger partial charge in [0.15, 0.2) is 0 Å². The maximum absolute atomic E-state index is 11.6. The zero-order valence-corrected chi connectivity index (χ0v) is 13.5. The lowest BCUT2D eigenvalue weighted by Gasteiger charge is -2.35. The van der Waals surface area contributed by atoms with E-state index in [4.69, 9.17) is 0 Å². The summed E-state index contributed by atoms with van der Waals surface area (Å²) in [5.74, 6) is 1.48. The van der Waals surface area contributed by atoms with Crippen molar-refractivity contribution in [3.05, 3.63) is 42.1 Å². The first-order valence-electron chi connectivity index (χ1n) is 7.79. The highest BCUT2D eigenvalue weighted by molar-refractivity contribution is 5.73. The van der Waals surface area contributed by atoms with Crippen molar-refractivity contribution in [2.75, 3.05) is 30.0 Å². The summed E-state index contributed by atoms with van der Waals surface area (Å²) in [6.45, 7) is 5.86. The molecule has 0 unspecified atom stereocenters. The van der Waals surface area contributed by atoms with E-state index in [0.717, 1.165) is 31.0 Å². The average molecular weight is 311 g/mol. The third-order valence-corrected chi connectivity index (χ3v) is 3.89. The highest BCUT2D eigenvalue weighted by atomic mass is 16.2. The maximum atomic E-state index is 11.6. The van der Waals surface area contributed by atoms with Crippen LogP contribution in [0.4, 0.5) is 17.5 Å². The molecule has 1 aliphatic heterocycles. The molecule has 1 aromatic carbocycles. The molecule has 120 valence electrons. The Labute approximate surface area is 136 Å². The van der Waals surface area contributed by atoms with Gasteiger partial charge in [0.1, 0.15) is 5.82 Å². The van der Waals surface area contributed by atoms with Gasteiger partial charge in [0.2, 0.25) is 11.9 Å². The minimum Gasteiger partial charge on any atom is -0.340 e. The zero-order valence-electron chi connectivity index (χ0n) is 13.5. The lowest BCUT2D eigenvalue weighted by Crippen LogP contribution is -2.47. The van der Waals surface area contributed by atoms with E-state index in [1.807, 2.05) is 28.0 Å². The number of benzene rings is 1. The van der Waals surface area contributed by atoms with Gasteiger partial charge in [-0.25, -0.2) is 4.98 Å². The molecule has 1 aromatic heterocycles. The number of nitrogens with zero attached hydrogens (tertiary/aromatic N) is 4. The summed E-state index contributed by atoms with van der Waals surface area (Å²) >= 11 is 0. The van der Waals surface area contributed by atoms with Crippen LogP contribution >= 0.6 is 0 Å². The fraction of sp³-hybridized carbons (Fsp3) is 0.353. The summed E-state index contributed by atoms with van der Waals surface area (Å²) in [7, 11) is 0. The molecule has 1 fully saturated rings. The molecule has 1 N–H and O–H groups in total. The molecule has 2 heterocycles. The Hall–Kier alpha value is -2.63. The average Bonchev–Trinajstić information content (AvgIpc) is 2.57. The normalized spacial score (nSPS) is 14.7. The van der Waals surface area contributed by atoms with Gasteiger partial charge in [0, 0.05) is 31.9 Å². The third-order valence-electron chi connectivity index (χ3n) is 3.89. The molecule has 23 heavy (non-hydrogen) atoms. The Balaban J connectivity index is 1.74. The van der Waals surface area contributed by atoms with Crippen LogP contribution in [0.15, 0.2) is 36.5 Å². The molecule has 0 atom stereocenters. The molecular formula is C17H21N5O. The lowest BCUT2D eigenvalue weighted by molar-refractivity contribution is -0.129. The molecule has 3 rings (SSSR count). The summed E-state index contributed by atoms with van der Waals surface area (Å²) in [6.07, 6.45) is 2.67. The first-order valence-corrected chi connectivity index (χ1v) is 7.79. The Morgan fingerprint density at radius 3 is 2.70 bits per heavy atom. The SMILES string of the molecule is CC(=O)N1CCCN(c2nccc(Nc3ccc(C)cc3)n2)C1. The van der Waals surface area contributed by atoms with Crippen LogP contribution in [0.5, 0.6) is 0 Å². The van der Waals surface area contributed by atoms with Gasteiger partial charge >= 0.3 is 0 Å². The fourth-order valence-corrected chi connectivity index (χ4v) is 2.58. The molecule has 0 aliphatic carbocycles. The van der Waals surface area contributed by atoms with Gasteiger partial charge in [-0.2, -0.15) is 4.98 Å². The van der Waals surface area contributed by atoms with E-state index in [-0.39, 0.29) is 5.91 Å². The zero-order chi connectivity index (χ0) is 16.2. The van der Waals surface area contributed by atoms with Crippen LogP contribution < -0.4 is 10.2 Å². The van der Waals surface area contributed by atoms with Crippen molar-refractivity contribution in [1.29, 1.82) is 0 Å². The van der Waals surface area contributed by atoms with Crippen LogP contribution in [0.25, 0.3) is 0 Å². The van der Waals surface area contributed by atoms with E-state index in [0.29, 0.717) is 12.6 Å². The van der Waals surface area contributed by atoms with Crippen LogP contribution in [0.1, 0.15) is 18.9 Å². The predicted molar refractivity (Wildman–Crippen MR) is 90.7 cm³/mol. The standard InChI is InChI=1S/C17H21N5O/c1-13-4-6-15(7-5-13)19-16-8-9-18-17(20-16)22-11-3-10-21(12-22)14(2)23/h4-9H,3,10-12H2,1-2H3,(H,18,19,20). The largest absolute Gasteiger partial charge is 0.340 e. The molecule has 1 aliphatic rings. The summed E-state index contributed by atoms with van der Waals surface area (Å²) in [5.41, 5.74) is 2.21. The van der Waals surface area contributed by atoms with Crippen molar-refractivity contribution in [2.45, 2.75) is 20.3 Å². The molecule has 0 bridgehead atoms. The van der Waals surface area contributed by atoms with Gasteiger partial charge in [-0.15, -0.1) is 0 Å². The van der Waals surface area contributed by atoms with Gasteiger partial charge in [-0.05, 0) is 31.5 Å². The van der Waals surface area contributed by atoms with E-state index < -0.39 is 0 Å². The first kappa shape index (κ1) is 15.3. The van der Waals surface area contributed by atoms with Crippen molar-refractivity contribution >= 4 is 23.4 Å². The van der Waals surface area contributed by atoms with Crippen LogP contribution in [-0.2, 0) is 4.79 Å². The Morgan fingerprint density at radius 1 is 1.17 bits per heavy atom. The molecule has 0 spiro atoms. The molecule has 6 nitrogen and oxygen atoms in total. The number of aryl methyl sites for hydroxylation is 1. The highest BCUT2D eigenvalue weighted by Crippen LogP contribution is 2.19. The van der Waals surface area contributed by atoms with E-state index in [9.17, 15) is 4.79 Å². The number of hydrogen-bond acceptors (Lipinski definition) is 5. The van der Waals surface area contributed by atoms with Crippen LogP contribution in [0.2, 0.25) is 0 Å². The fourth-order valence-electron chi connectivity index (χ4n) is 2.58. The smallest absolute Gasteiger partial charge is 0.228 e. The number of amides is 1. The second kappa shape index (κ2) is 6.64. The minimum atomic E-state index is 0.0867. The molecular weight excluding hydrogens is 290 g/mol. The van der Waals surface area contributed by atoms with Gasteiger partial charge in [-0.3, -0.25) is 4.79 Å². The molecule has 2 aromatic rings. The number of anilines is 3. The number of carbonyl (C=O) groups is 1. The minimum absolute atomic E-state index is 0.0867. The maximum Gasteiger partial charge on any atom is 0.228 e. The van der Waals surface area contributed by atoms with Crippen molar-refractivity contribution < 1.29 is 4.79 Å². The summed E-state index contributed by atoms with van der Waals surface area (Å²) in [4.78, 5) is 24.3. The Bertz CT molecular complexity index is 686. The molecule has 0 radical (unpaired) electrons. The highest BCUT2D eigenvalue weighted by Gasteiger charge is 2.21. The summed E-state index contributed by atoms with van der Waals surface area (Å²) in [6, 6.07) is 10.0. The number of rotatable bonds is 3. The van der Waals surface area contributed by atoms with E-state index >= 15 is 0 Å². The van der Waals surface area contributed by atoms with E-state index in [1.165, 1.54) is 5.56 Å². The van der Waals surface area contributed by atoms with Crippen LogP contribution in [-0.4, -0.2) is 40.5 Å². The summed E-state index contributed by atoms with van der Waals surface area (Å²) < 4.78 is 0. The van der Waals surface area contributed by atoms with Gasteiger partial charge in [-0.1, -0.05) is 17.7 Å². The van der Waals surface area contributed by atoms with Crippen molar-refractivity contribution in [1.82, 2.24) is 14.9 Å². The Kier molecular flexibility index (Phi) is 4.41. The summed E-state index contributed by atoms with van der Waals surface area (Å²) in [5, 5.41) is 3.29. The van der Waals surface area contributed by atoms with Crippen LogP contribution in [0, 0.1) is 6.92 Å². The number of hydrogen-bond donors (Lipinski definition) is 1. The van der Waals surface area contributed by atoms with Crippen LogP contribution in [0.3, 0.4) is 0 Å². The monoisotopic (exact) mass is 311 g/mol.